The number of nitrogens with zero attached hydrogens (tertiary/aromatic N) is 3. The molecule has 2 rings (SSSR count). The molecule has 0 saturated heterocycles. The van der Waals surface area contributed by atoms with Crippen molar-refractivity contribution in [2.45, 2.75) is 18.7 Å². The van der Waals surface area contributed by atoms with Gasteiger partial charge in [-0.25, -0.2) is 9.79 Å². The van der Waals surface area contributed by atoms with E-state index in [1.54, 1.807) is 19.3 Å². The second-order valence-electron chi connectivity index (χ2n) is 3.56. The summed E-state index contributed by atoms with van der Waals surface area (Å²) in [6.45, 7) is -0.0816. The van der Waals surface area contributed by atoms with Crippen LogP contribution in [0, 0.1) is 0 Å². The summed E-state index contributed by atoms with van der Waals surface area (Å²) in [6.07, 6.45) is 2.65. The normalized spacial score (nSPS) is 29.5. The molecule has 0 spiro atoms. The monoisotopic (exact) mass is 211 g/mol. The molecular weight excluding hydrogens is 198 g/mol. The molecule has 6 heteroatoms. The molecule has 2 N–H and O–H groups in total. The minimum absolute atomic E-state index is 0.0816. The highest BCUT2D eigenvalue weighted by molar-refractivity contribution is 6.07. The fourth-order valence-electron chi connectivity index (χ4n) is 1.77. The van der Waals surface area contributed by atoms with E-state index in [1.807, 2.05) is 0 Å². The molecule has 82 valence electrons. The lowest BCUT2D eigenvalue weighted by atomic mass is 10.1. The van der Waals surface area contributed by atoms with Gasteiger partial charge in [0.05, 0.1) is 6.04 Å². The number of hydrogen-bond acceptors (Lipinski definition) is 4. The minimum atomic E-state index is -0.938. The van der Waals surface area contributed by atoms with E-state index in [2.05, 4.69) is 4.99 Å². The van der Waals surface area contributed by atoms with Crippen LogP contribution in [0.2, 0.25) is 0 Å². The number of hydrogen-bond donors (Lipinski definition) is 2. The van der Waals surface area contributed by atoms with Gasteiger partial charge in [-0.1, -0.05) is 0 Å². The van der Waals surface area contributed by atoms with Crippen molar-refractivity contribution in [3.63, 3.8) is 0 Å². The molecule has 2 aliphatic rings. The molecule has 0 bridgehead atoms. The fourth-order valence-corrected chi connectivity index (χ4v) is 1.77. The summed E-state index contributed by atoms with van der Waals surface area (Å²) >= 11 is 0. The van der Waals surface area contributed by atoms with Gasteiger partial charge >= 0.3 is 6.03 Å². The van der Waals surface area contributed by atoms with E-state index < -0.39 is 12.3 Å². The van der Waals surface area contributed by atoms with E-state index in [-0.39, 0.29) is 12.6 Å². The predicted molar refractivity (Wildman–Crippen MR) is 53.1 cm³/mol. The van der Waals surface area contributed by atoms with Crippen LogP contribution >= 0.6 is 0 Å². The summed E-state index contributed by atoms with van der Waals surface area (Å²) in [5, 5.41) is 18.5. The van der Waals surface area contributed by atoms with Crippen LogP contribution in [-0.4, -0.2) is 57.8 Å². The molecule has 0 aromatic carbocycles. The Labute approximate surface area is 87.1 Å². The molecule has 0 aromatic heterocycles. The number of amides is 2. The van der Waals surface area contributed by atoms with Crippen LogP contribution in [-0.2, 0) is 0 Å². The van der Waals surface area contributed by atoms with Crippen molar-refractivity contribution >= 4 is 11.9 Å². The summed E-state index contributed by atoms with van der Waals surface area (Å²) in [5.74, 6) is 0.462. The van der Waals surface area contributed by atoms with Crippen molar-refractivity contribution in [3.8, 4) is 0 Å². The zero-order valence-corrected chi connectivity index (χ0v) is 8.37. The minimum Gasteiger partial charge on any atom is -0.396 e. The van der Waals surface area contributed by atoms with Crippen molar-refractivity contribution in [3.05, 3.63) is 12.3 Å². The average Bonchev–Trinajstić information content (AvgIpc) is 2.51. The summed E-state index contributed by atoms with van der Waals surface area (Å²) in [4.78, 5) is 18.5. The smallest absolute Gasteiger partial charge is 0.329 e. The molecule has 2 atom stereocenters. The van der Waals surface area contributed by atoms with Crippen molar-refractivity contribution in [2.24, 2.45) is 4.99 Å². The Hall–Kier alpha value is -1.40. The number of urea groups is 1. The van der Waals surface area contributed by atoms with Gasteiger partial charge < -0.3 is 15.1 Å². The molecule has 2 aliphatic heterocycles. The lowest BCUT2D eigenvalue weighted by Gasteiger charge is -2.31. The topological polar surface area (TPSA) is 76.4 Å². The van der Waals surface area contributed by atoms with Crippen LogP contribution in [0.3, 0.4) is 0 Å². The number of fused-ring (bicyclic) bond motifs is 1. The molecule has 2 heterocycles. The molecule has 0 saturated carbocycles. The molecular formula is C9H13N3O3. The highest BCUT2D eigenvalue weighted by Gasteiger charge is 2.40. The van der Waals surface area contributed by atoms with Crippen molar-refractivity contribution < 1.29 is 15.0 Å². The van der Waals surface area contributed by atoms with Crippen molar-refractivity contribution in [1.29, 1.82) is 0 Å². The Morgan fingerprint density at radius 1 is 1.60 bits per heavy atom. The van der Waals surface area contributed by atoms with E-state index >= 15 is 0 Å². The van der Waals surface area contributed by atoms with Gasteiger partial charge in [0.2, 0.25) is 0 Å². The van der Waals surface area contributed by atoms with Crippen molar-refractivity contribution in [1.82, 2.24) is 9.80 Å². The molecule has 2 amide bonds. The largest absolute Gasteiger partial charge is 0.396 e. The van der Waals surface area contributed by atoms with Crippen LogP contribution in [0.25, 0.3) is 0 Å². The number of aliphatic hydroxyl groups excluding tert-OH is 2. The summed E-state index contributed by atoms with van der Waals surface area (Å²) < 4.78 is 0. The second-order valence-corrected chi connectivity index (χ2v) is 3.56. The van der Waals surface area contributed by atoms with Gasteiger partial charge in [0.1, 0.15) is 5.84 Å². The van der Waals surface area contributed by atoms with Gasteiger partial charge in [-0.05, 0) is 12.5 Å². The van der Waals surface area contributed by atoms with Gasteiger partial charge in [-0.3, -0.25) is 4.90 Å². The zero-order chi connectivity index (χ0) is 11.0. The summed E-state index contributed by atoms with van der Waals surface area (Å²) in [6, 6.07) is -0.684. The first-order valence-corrected chi connectivity index (χ1v) is 4.76. The zero-order valence-electron chi connectivity index (χ0n) is 8.37. The molecule has 0 radical (unpaired) electrons. The first-order valence-electron chi connectivity index (χ1n) is 4.76. The Bertz CT molecular complexity index is 339. The van der Waals surface area contributed by atoms with Crippen molar-refractivity contribution in [2.75, 3.05) is 13.7 Å². The van der Waals surface area contributed by atoms with Crippen LogP contribution in [0.4, 0.5) is 4.79 Å². The van der Waals surface area contributed by atoms with Gasteiger partial charge in [-0.2, -0.15) is 0 Å². The number of carbonyl (C=O) groups is 1. The molecule has 0 fully saturated rings. The van der Waals surface area contributed by atoms with Crippen LogP contribution < -0.4 is 0 Å². The fraction of sp³-hybridized carbons (Fsp3) is 0.556. The standard InChI is InChI=1S/C9H13N3O3/c1-11-4-2-7-10-8(14)6(3-5-13)12(7)9(11)15/h2,4,6,8,13-14H,3,5H2,1H3/t6-,8+/m0/s1. The van der Waals surface area contributed by atoms with Gasteiger partial charge in [-0.15, -0.1) is 0 Å². The lowest BCUT2D eigenvalue weighted by Crippen LogP contribution is -2.50. The Morgan fingerprint density at radius 3 is 3.00 bits per heavy atom. The van der Waals surface area contributed by atoms with E-state index in [4.69, 9.17) is 5.11 Å². The molecule has 15 heavy (non-hydrogen) atoms. The number of aliphatic hydroxyl groups is 2. The maximum absolute atomic E-state index is 11.8. The quantitative estimate of drug-likeness (QED) is 0.637. The SMILES string of the molecule is CN1C=CC2=N[C@H](O)[C@H](CCO)N2C1=O. The van der Waals surface area contributed by atoms with E-state index in [0.717, 1.165) is 0 Å². The van der Waals surface area contributed by atoms with E-state index in [0.29, 0.717) is 12.3 Å². The molecule has 6 nitrogen and oxygen atoms in total. The summed E-state index contributed by atoms with van der Waals surface area (Å²) in [5.41, 5.74) is 0. The van der Waals surface area contributed by atoms with Crippen LogP contribution in [0.15, 0.2) is 17.3 Å². The first kappa shape index (κ1) is 10.1. The average molecular weight is 211 g/mol. The molecule has 0 aliphatic carbocycles. The number of rotatable bonds is 2. The highest BCUT2D eigenvalue weighted by Crippen LogP contribution is 2.23. The second kappa shape index (κ2) is 3.63. The maximum Gasteiger partial charge on any atom is 0.329 e. The van der Waals surface area contributed by atoms with E-state index in [9.17, 15) is 9.90 Å². The Kier molecular flexibility index (Phi) is 2.45. The van der Waals surface area contributed by atoms with Crippen LogP contribution in [0.5, 0.6) is 0 Å². The Morgan fingerprint density at radius 2 is 2.33 bits per heavy atom. The lowest BCUT2D eigenvalue weighted by molar-refractivity contribution is 0.0964. The number of carbonyl (C=O) groups excluding carboxylic acids is 1. The number of aliphatic imine (C=N–C) groups is 1. The first-order chi connectivity index (χ1) is 7.15. The molecule has 0 unspecified atom stereocenters. The summed E-state index contributed by atoms with van der Waals surface area (Å²) in [7, 11) is 1.64. The third-order valence-corrected chi connectivity index (χ3v) is 2.57. The van der Waals surface area contributed by atoms with E-state index in [1.165, 1.54) is 9.80 Å². The van der Waals surface area contributed by atoms with Gasteiger partial charge in [0, 0.05) is 19.9 Å². The highest BCUT2D eigenvalue weighted by atomic mass is 16.3. The number of amidine groups is 1. The molecule has 0 aromatic rings. The van der Waals surface area contributed by atoms with Gasteiger partial charge in [0.15, 0.2) is 6.23 Å². The Balaban J connectivity index is 2.27. The third kappa shape index (κ3) is 1.51. The predicted octanol–water partition coefficient (Wildman–Crippen LogP) is -0.651. The van der Waals surface area contributed by atoms with Gasteiger partial charge in [0.25, 0.3) is 0 Å². The van der Waals surface area contributed by atoms with Crippen LogP contribution in [0.1, 0.15) is 6.42 Å². The third-order valence-electron chi connectivity index (χ3n) is 2.57. The maximum atomic E-state index is 11.8.